The van der Waals surface area contributed by atoms with Crippen molar-refractivity contribution in [1.82, 2.24) is 9.97 Å². The molecule has 21 heavy (non-hydrogen) atoms. The van der Waals surface area contributed by atoms with Crippen LogP contribution in [0, 0.1) is 0 Å². The predicted octanol–water partition coefficient (Wildman–Crippen LogP) is 3.66. The Bertz CT molecular complexity index is 909. The molecule has 0 atom stereocenters. The lowest BCUT2D eigenvalue weighted by Crippen LogP contribution is -2.02. The molecule has 2 aromatic carbocycles. The largest absolute Gasteiger partial charge is 0.296 e. The number of rotatable bonds is 2. The van der Waals surface area contributed by atoms with Gasteiger partial charge >= 0.3 is 0 Å². The van der Waals surface area contributed by atoms with Crippen LogP contribution in [0.3, 0.4) is 0 Å². The van der Waals surface area contributed by atoms with Gasteiger partial charge in [0.15, 0.2) is 12.6 Å². The zero-order chi connectivity index (χ0) is 14.6. The second-order valence-corrected chi connectivity index (χ2v) is 5.60. The van der Waals surface area contributed by atoms with Crippen LogP contribution in [-0.2, 0) is 0 Å². The molecule has 3 aromatic rings. The second-order valence-electron chi connectivity index (χ2n) is 4.75. The van der Waals surface area contributed by atoms with Gasteiger partial charge in [0.05, 0.1) is 11.4 Å². The number of aldehydes is 2. The first-order chi connectivity index (χ1) is 10.2. The van der Waals surface area contributed by atoms with Gasteiger partial charge in [0, 0.05) is 21.0 Å². The van der Waals surface area contributed by atoms with Crippen LogP contribution in [0.15, 0.2) is 34.8 Å². The van der Waals surface area contributed by atoms with Crippen LogP contribution in [0.1, 0.15) is 21.0 Å². The van der Waals surface area contributed by atoms with E-state index in [1.807, 2.05) is 30.3 Å². The molecule has 4 rings (SSSR count). The van der Waals surface area contributed by atoms with Crippen LogP contribution in [0.5, 0.6) is 0 Å². The quantitative estimate of drug-likeness (QED) is 0.523. The van der Waals surface area contributed by atoms with Gasteiger partial charge in [-0.25, -0.2) is 9.97 Å². The van der Waals surface area contributed by atoms with Crippen molar-refractivity contribution < 1.29 is 9.59 Å². The summed E-state index contributed by atoms with van der Waals surface area (Å²) in [6, 6.07) is 9.81. The lowest BCUT2D eigenvalue weighted by molar-refractivity contribution is 0.108. The average molecular weight is 339 g/mol. The number of fused-ring (bicyclic) bond motifs is 3. The van der Waals surface area contributed by atoms with E-state index in [1.54, 1.807) is 0 Å². The molecule has 0 spiro atoms. The molecule has 0 bridgehead atoms. The van der Waals surface area contributed by atoms with E-state index < -0.39 is 0 Å². The molecule has 5 heteroatoms. The van der Waals surface area contributed by atoms with Crippen molar-refractivity contribution in [3.8, 4) is 22.5 Å². The molecule has 4 nitrogen and oxygen atoms in total. The molecule has 0 saturated heterocycles. The lowest BCUT2D eigenvalue weighted by Gasteiger charge is -2.03. The molecule has 0 amide bonds. The van der Waals surface area contributed by atoms with Crippen molar-refractivity contribution in [3.05, 3.63) is 46.2 Å². The Morgan fingerprint density at radius 2 is 1.48 bits per heavy atom. The van der Waals surface area contributed by atoms with E-state index >= 15 is 0 Å². The Morgan fingerprint density at radius 1 is 0.857 bits per heavy atom. The first-order valence-corrected chi connectivity index (χ1v) is 7.08. The van der Waals surface area contributed by atoms with E-state index in [0.29, 0.717) is 24.0 Å². The topological polar surface area (TPSA) is 59.9 Å². The van der Waals surface area contributed by atoms with Crippen LogP contribution in [0.2, 0.25) is 0 Å². The number of nitrogens with zero attached hydrogens (tertiary/aromatic N) is 2. The van der Waals surface area contributed by atoms with Gasteiger partial charge in [-0.3, -0.25) is 9.59 Å². The van der Waals surface area contributed by atoms with E-state index in [4.69, 9.17) is 0 Å². The fourth-order valence-corrected chi connectivity index (χ4v) is 3.24. The lowest BCUT2D eigenvalue weighted by atomic mass is 10.0. The molecule has 0 saturated carbocycles. The van der Waals surface area contributed by atoms with Crippen molar-refractivity contribution in [2.24, 2.45) is 0 Å². The molecule has 1 aliphatic carbocycles. The Balaban J connectivity index is 2.19. The van der Waals surface area contributed by atoms with Crippen molar-refractivity contribution >= 4 is 39.3 Å². The molecule has 100 valence electrons. The molecule has 1 heterocycles. The number of carbonyl (C=O) groups excluding carboxylic acids is 2. The summed E-state index contributed by atoms with van der Waals surface area (Å²) < 4.78 is 0.988. The van der Waals surface area contributed by atoms with Crippen LogP contribution in [0.4, 0.5) is 0 Å². The standard InChI is InChI=1S/C16H7BrN2O2/c17-11-5-4-10-14-8(11)2-1-3-9(14)15-16(10)19-13(7-21)12(6-20)18-15/h1-7H. The summed E-state index contributed by atoms with van der Waals surface area (Å²) in [6.07, 6.45) is 1.13. The Hall–Kier alpha value is -2.40. The van der Waals surface area contributed by atoms with Gasteiger partial charge in [-0.05, 0) is 11.5 Å². The van der Waals surface area contributed by atoms with Crippen molar-refractivity contribution in [1.29, 1.82) is 0 Å². The summed E-state index contributed by atoms with van der Waals surface area (Å²) >= 11 is 3.54. The maximum absolute atomic E-state index is 11.1. The summed E-state index contributed by atoms with van der Waals surface area (Å²) in [4.78, 5) is 30.8. The number of halogens is 1. The average Bonchev–Trinajstić information content (AvgIpc) is 2.84. The fraction of sp³-hybridized carbons (Fsp3) is 0. The van der Waals surface area contributed by atoms with Gasteiger partial charge in [0.25, 0.3) is 0 Å². The fourth-order valence-electron chi connectivity index (χ4n) is 2.78. The third kappa shape index (κ3) is 1.55. The number of carbonyl (C=O) groups is 2. The second kappa shape index (κ2) is 4.30. The highest BCUT2D eigenvalue weighted by atomic mass is 79.9. The van der Waals surface area contributed by atoms with Crippen molar-refractivity contribution in [3.63, 3.8) is 0 Å². The summed E-state index contributed by atoms with van der Waals surface area (Å²) in [5.41, 5.74) is 3.33. The summed E-state index contributed by atoms with van der Waals surface area (Å²) in [5.74, 6) is 0. The zero-order valence-corrected chi connectivity index (χ0v) is 12.2. The normalized spacial score (nSPS) is 11.5. The first kappa shape index (κ1) is 12.3. The highest BCUT2D eigenvalue weighted by molar-refractivity contribution is 9.10. The van der Waals surface area contributed by atoms with Crippen molar-refractivity contribution in [2.75, 3.05) is 0 Å². The Morgan fingerprint density at radius 3 is 2.10 bits per heavy atom. The highest BCUT2D eigenvalue weighted by Gasteiger charge is 2.26. The minimum atomic E-state index is 0.0765. The Kier molecular flexibility index (Phi) is 2.53. The summed E-state index contributed by atoms with van der Waals surface area (Å²) in [5, 5.41) is 2.10. The van der Waals surface area contributed by atoms with Gasteiger partial charge in [0.2, 0.25) is 0 Å². The van der Waals surface area contributed by atoms with Gasteiger partial charge in [0.1, 0.15) is 11.4 Å². The number of hydrogen-bond acceptors (Lipinski definition) is 4. The molecular weight excluding hydrogens is 332 g/mol. The molecular formula is C16H7BrN2O2. The number of hydrogen-bond donors (Lipinski definition) is 0. The summed E-state index contributed by atoms with van der Waals surface area (Å²) in [7, 11) is 0. The number of benzene rings is 2. The van der Waals surface area contributed by atoms with Crippen LogP contribution in [-0.4, -0.2) is 22.5 Å². The van der Waals surface area contributed by atoms with E-state index in [9.17, 15) is 9.59 Å². The molecule has 1 aliphatic rings. The van der Waals surface area contributed by atoms with Crippen LogP contribution >= 0.6 is 15.9 Å². The van der Waals surface area contributed by atoms with Gasteiger partial charge in [-0.1, -0.05) is 40.2 Å². The highest BCUT2D eigenvalue weighted by Crippen LogP contribution is 2.46. The number of aromatic nitrogens is 2. The maximum atomic E-state index is 11.1. The Labute approximate surface area is 128 Å². The molecule has 1 aromatic heterocycles. The van der Waals surface area contributed by atoms with Gasteiger partial charge in [-0.15, -0.1) is 0 Å². The van der Waals surface area contributed by atoms with E-state index in [2.05, 4.69) is 25.9 Å². The first-order valence-electron chi connectivity index (χ1n) is 6.29. The molecule has 0 unspecified atom stereocenters. The molecule has 0 radical (unpaired) electrons. The molecule has 0 aliphatic heterocycles. The van der Waals surface area contributed by atoms with Gasteiger partial charge < -0.3 is 0 Å². The zero-order valence-electron chi connectivity index (χ0n) is 10.6. The molecule has 0 fully saturated rings. The maximum Gasteiger partial charge on any atom is 0.170 e. The van der Waals surface area contributed by atoms with E-state index in [0.717, 1.165) is 26.4 Å². The third-order valence-electron chi connectivity index (χ3n) is 3.67. The van der Waals surface area contributed by atoms with Crippen LogP contribution in [0.25, 0.3) is 33.3 Å². The minimum absolute atomic E-state index is 0.0765. The smallest absolute Gasteiger partial charge is 0.170 e. The summed E-state index contributed by atoms with van der Waals surface area (Å²) in [6.45, 7) is 0. The van der Waals surface area contributed by atoms with E-state index in [1.165, 1.54) is 0 Å². The van der Waals surface area contributed by atoms with E-state index in [-0.39, 0.29) is 11.4 Å². The predicted molar refractivity (Wildman–Crippen MR) is 82.4 cm³/mol. The van der Waals surface area contributed by atoms with Gasteiger partial charge in [-0.2, -0.15) is 0 Å². The SMILES string of the molecule is O=Cc1nc2c(nc1C=O)-c1ccc(Br)c3cccc-2c13. The third-order valence-corrected chi connectivity index (χ3v) is 4.36. The minimum Gasteiger partial charge on any atom is -0.296 e. The molecule has 0 N–H and O–H groups in total. The monoisotopic (exact) mass is 338 g/mol. The van der Waals surface area contributed by atoms with Crippen molar-refractivity contribution in [2.45, 2.75) is 0 Å². The van der Waals surface area contributed by atoms with Crippen LogP contribution < -0.4 is 0 Å².